The summed E-state index contributed by atoms with van der Waals surface area (Å²) in [5.41, 5.74) is -0.335. The van der Waals surface area contributed by atoms with Crippen LogP contribution in [0.5, 0.6) is 0 Å². The van der Waals surface area contributed by atoms with Crippen LogP contribution < -0.4 is 0 Å². The van der Waals surface area contributed by atoms with E-state index >= 15 is 0 Å². The molecule has 0 spiro atoms. The van der Waals surface area contributed by atoms with E-state index in [2.05, 4.69) is 0 Å². The van der Waals surface area contributed by atoms with Gasteiger partial charge in [-0.05, 0) is 0 Å². The Morgan fingerprint density at radius 1 is 1.10 bits per heavy atom. The number of aliphatic hydroxyl groups is 1. The van der Waals surface area contributed by atoms with Crippen LogP contribution in [0.1, 0.15) is 6.92 Å². The van der Waals surface area contributed by atoms with Gasteiger partial charge in [-0.2, -0.15) is 0 Å². The molecule has 2 saturated heterocycles. The Morgan fingerprint density at radius 2 is 1.62 bits per heavy atom. The molecule has 2 aliphatic rings. The highest BCUT2D eigenvalue weighted by molar-refractivity contribution is 4.76. The summed E-state index contributed by atoms with van der Waals surface area (Å²) in [6, 6.07) is 0. The van der Waals surface area contributed by atoms with E-state index in [4.69, 9.17) is 28.4 Å². The number of rotatable bonds is 13. The first-order valence-corrected chi connectivity index (χ1v) is 7.28. The molecule has 2 aliphatic heterocycles. The third-order valence-electron chi connectivity index (χ3n) is 3.25. The average molecular weight is 306 g/mol. The molecule has 0 aromatic heterocycles. The Labute approximate surface area is 125 Å². The molecule has 2 rings (SSSR count). The molecule has 0 radical (unpaired) electrons. The van der Waals surface area contributed by atoms with Crippen LogP contribution in [0.25, 0.3) is 0 Å². The van der Waals surface area contributed by atoms with Gasteiger partial charge < -0.3 is 33.5 Å². The van der Waals surface area contributed by atoms with Crippen molar-refractivity contribution in [2.45, 2.75) is 25.4 Å². The van der Waals surface area contributed by atoms with Gasteiger partial charge in [-0.15, -0.1) is 0 Å². The van der Waals surface area contributed by atoms with Crippen LogP contribution in [0, 0.1) is 5.41 Å². The minimum atomic E-state index is -0.937. The highest BCUT2D eigenvalue weighted by Gasteiger charge is 2.31. The highest BCUT2D eigenvalue weighted by atomic mass is 16.6. The molecule has 0 saturated carbocycles. The van der Waals surface area contributed by atoms with Gasteiger partial charge in [0.1, 0.15) is 12.2 Å². The molecule has 0 aromatic carbocycles. The first-order chi connectivity index (χ1) is 10.1. The lowest BCUT2D eigenvalue weighted by Gasteiger charge is -2.29. The molecule has 3 atom stereocenters. The standard InChI is InChI=1S/C14H26O7/c1-14(8-17-3-11-5-19-11,9-18-4-12-6-20-12)10-21-13(15)7-16-2/h11-13,15H,3-10H2,1-2H3. The molecule has 7 heteroatoms. The van der Waals surface area contributed by atoms with Crippen LogP contribution in [0.2, 0.25) is 0 Å². The smallest absolute Gasteiger partial charge is 0.178 e. The van der Waals surface area contributed by atoms with Crippen LogP contribution in [0.3, 0.4) is 0 Å². The lowest BCUT2D eigenvalue weighted by Crippen LogP contribution is -2.37. The van der Waals surface area contributed by atoms with Gasteiger partial charge in [-0.25, -0.2) is 0 Å². The van der Waals surface area contributed by atoms with E-state index < -0.39 is 6.29 Å². The Balaban J connectivity index is 1.68. The molecule has 124 valence electrons. The fraction of sp³-hybridized carbons (Fsp3) is 1.00. The van der Waals surface area contributed by atoms with Gasteiger partial charge in [0.15, 0.2) is 6.29 Å². The van der Waals surface area contributed by atoms with Crippen molar-refractivity contribution in [1.29, 1.82) is 0 Å². The summed E-state index contributed by atoms with van der Waals surface area (Å²) in [6.45, 7) is 6.16. The van der Waals surface area contributed by atoms with E-state index in [9.17, 15) is 5.11 Å². The van der Waals surface area contributed by atoms with Crippen LogP contribution in [0.15, 0.2) is 0 Å². The summed E-state index contributed by atoms with van der Waals surface area (Å²) in [5, 5.41) is 9.59. The van der Waals surface area contributed by atoms with Gasteiger partial charge in [-0.1, -0.05) is 6.92 Å². The maximum Gasteiger partial charge on any atom is 0.178 e. The van der Waals surface area contributed by atoms with Crippen molar-refractivity contribution in [1.82, 2.24) is 0 Å². The monoisotopic (exact) mass is 306 g/mol. The Bertz CT molecular complexity index is 273. The zero-order valence-corrected chi connectivity index (χ0v) is 12.8. The molecule has 0 amide bonds. The third kappa shape index (κ3) is 7.51. The van der Waals surface area contributed by atoms with E-state index in [1.807, 2.05) is 6.92 Å². The Morgan fingerprint density at radius 3 is 2.05 bits per heavy atom. The lowest BCUT2D eigenvalue weighted by atomic mass is 9.94. The molecule has 2 fully saturated rings. The third-order valence-corrected chi connectivity index (χ3v) is 3.25. The van der Waals surface area contributed by atoms with Gasteiger partial charge in [0.25, 0.3) is 0 Å². The second kappa shape index (κ2) is 8.38. The normalized spacial score (nSPS) is 28.1. The Hall–Kier alpha value is -0.280. The van der Waals surface area contributed by atoms with Gasteiger partial charge in [0.05, 0.1) is 52.9 Å². The second-order valence-corrected chi connectivity index (χ2v) is 5.97. The minimum absolute atomic E-state index is 0.142. The van der Waals surface area contributed by atoms with E-state index in [0.717, 1.165) is 13.2 Å². The van der Waals surface area contributed by atoms with E-state index in [0.29, 0.717) is 33.0 Å². The SMILES string of the molecule is COCC(O)OCC(C)(COCC1CO1)COCC1CO1. The van der Waals surface area contributed by atoms with Crippen LogP contribution in [-0.2, 0) is 28.4 Å². The molecule has 0 aliphatic carbocycles. The predicted octanol–water partition coefficient (Wildman–Crippen LogP) is -0.195. The van der Waals surface area contributed by atoms with Crippen LogP contribution in [0.4, 0.5) is 0 Å². The topological polar surface area (TPSA) is 82.2 Å². The first kappa shape index (κ1) is 17.1. The van der Waals surface area contributed by atoms with Crippen LogP contribution in [-0.4, -0.2) is 83.6 Å². The quantitative estimate of drug-likeness (QED) is 0.373. The molecule has 0 bridgehead atoms. The number of epoxide rings is 2. The summed E-state index contributed by atoms with van der Waals surface area (Å²) in [6.07, 6.45) is -0.474. The van der Waals surface area contributed by atoms with Crippen molar-refractivity contribution >= 4 is 0 Å². The number of hydrogen-bond donors (Lipinski definition) is 1. The maximum atomic E-state index is 9.59. The molecule has 1 N–H and O–H groups in total. The van der Waals surface area contributed by atoms with Crippen molar-refractivity contribution in [3.63, 3.8) is 0 Å². The van der Waals surface area contributed by atoms with Crippen molar-refractivity contribution in [2.75, 3.05) is 60.0 Å². The van der Waals surface area contributed by atoms with Crippen LogP contribution >= 0.6 is 0 Å². The molecular formula is C14H26O7. The largest absolute Gasteiger partial charge is 0.379 e. The zero-order valence-electron chi connectivity index (χ0n) is 12.8. The molecule has 21 heavy (non-hydrogen) atoms. The molecule has 2 heterocycles. The van der Waals surface area contributed by atoms with Gasteiger partial charge in [-0.3, -0.25) is 0 Å². The molecule has 0 aromatic rings. The minimum Gasteiger partial charge on any atom is -0.379 e. The van der Waals surface area contributed by atoms with Crippen molar-refractivity contribution in [3.05, 3.63) is 0 Å². The molecular weight excluding hydrogens is 280 g/mol. The fourth-order valence-corrected chi connectivity index (χ4v) is 1.82. The van der Waals surface area contributed by atoms with E-state index in [-0.39, 0.29) is 24.2 Å². The Kier molecular flexibility index (Phi) is 6.81. The first-order valence-electron chi connectivity index (χ1n) is 7.28. The summed E-state index contributed by atoms with van der Waals surface area (Å²) in [7, 11) is 1.52. The van der Waals surface area contributed by atoms with E-state index in [1.165, 1.54) is 7.11 Å². The maximum absolute atomic E-state index is 9.59. The number of ether oxygens (including phenoxy) is 6. The van der Waals surface area contributed by atoms with E-state index in [1.54, 1.807) is 0 Å². The average Bonchev–Trinajstić information content (AvgIpc) is 3.31. The number of aliphatic hydroxyl groups excluding tert-OH is 1. The van der Waals surface area contributed by atoms with Crippen molar-refractivity contribution in [2.24, 2.45) is 5.41 Å². The fourth-order valence-electron chi connectivity index (χ4n) is 1.82. The lowest BCUT2D eigenvalue weighted by molar-refractivity contribution is -0.165. The van der Waals surface area contributed by atoms with Gasteiger partial charge >= 0.3 is 0 Å². The van der Waals surface area contributed by atoms with Gasteiger partial charge in [0.2, 0.25) is 0 Å². The molecule has 7 nitrogen and oxygen atoms in total. The summed E-state index contributed by atoms with van der Waals surface area (Å²) in [4.78, 5) is 0. The van der Waals surface area contributed by atoms with Crippen molar-refractivity contribution in [3.8, 4) is 0 Å². The summed E-state index contributed by atoms with van der Waals surface area (Å²) in [5.74, 6) is 0. The zero-order chi connectivity index (χ0) is 15.1. The second-order valence-electron chi connectivity index (χ2n) is 5.97. The summed E-state index contributed by atoms with van der Waals surface area (Å²) < 4.78 is 31.8. The number of hydrogen-bond acceptors (Lipinski definition) is 7. The predicted molar refractivity (Wildman–Crippen MR) is 73.1 cm³/mol. The van der Waals surface area contributed by atoms with Crippen molar-refractivity contribution < 1.29 is 33.5 Å². The number of methoxy groups -OCH3 is 1. The van der Waals surface area contributed by atoms with Gasteiger partial charge in [0, 0.05) is 12.5 Å². The highest BCUT2D eigenvalue weighted by Crippen LogP contribution is 2.21. The summed E-state index contributed by atoms with van der Waals surface area (Å²) >= 11 is 0. The molecule has 3 unspecified atom stereocenters.